The number of fused-ring (bicyclic) bond motifs is 1. The average Bonchev–Trinajstić information content (AvgIpc) is 3.04. The lowest BCUT2D eigenvalue weighted by molar-refractivity contribution is -0.121. The highest BCUT2D eigenvalue weighted by Gasteiger charge is 2.20. The van der Waals surface area contributed by atoms with Gasteiger partial charge in [0.05, 0.1) is 31.8 Å². The lowest BCUT2D eigenvalue weighted by atomic mass is 10.1. The van der Waals surface area contributed by atoms with Gasteiger partial charge < -0.3 is 10.1 Å². The third-order valence-electron chi connectivity index (χ3n) is 4.08. The average molecular weight is 388 g/mol. The van der Waals surface area contributed by atoms with E-state index in [4.69, 9.17) is 11.6 Å². The fraction of sp³-hybridized carbons (Fsp3) is 0.278. The van der Waals surface area contributed by atoms with Crippen LogP contribution in [-0.2, 0) is 22.5 Å². The number of carbonyl (C=O) groups excluding carboxylic acids is 2. The number of amidine groups is 1. The number of hydrogen-bond donors (Lipinski definition) is 2. The van der Waals surface area contributed by atoms with Gasteiger partial charge in [0.2, 0.25) is 5.91 Å². The van der Waals surface area contributed by atoms with Gasteiger partial charge in [0, 0.05) is 18.0 Å². The summed E-state index contributed by atoms with van der Waals surface area (Å²) >= 11 is 5.78. The monoisotopic (exact) mass is 387 g/mol. The van der Waals surface area contributed by atoms with E-state index in [2.05, 4.69) is 30.3 Å². The molecule has 0 aliphatic carbocycles. The molecule has 2 N–H and O–H groups in total. The van der Waals surface area contributed by atoms with Crippen molar-refractivity contribution in [2.75, 3.05) is 7.11 Å². The molecule has 3 heterocycles. The van der Waals surface area contributed by atoms with E-state index in [1.165, 1.54) is 7.11 Å². The Balaban J connectivity index is 1.61. The number of methoxy groups -OCH3 is 1. The minimum atomic E-state index is -0.587. The van der Waals surface area contributed by atoms with Gasteiger partial charge in [-0.1, -0.05) is 17.7 Å². The van der Waals surface area contributed by atoms with Crippen molar-refractivity contribution >= 4 is 29.4 Å². The number of halogens is 1. The number of pyridine rings is 2. The van der Waals surface area contributed by atoms with Crippen LogP contribution in [0.3, 0.4) is 0 Å². The van der Waals surface area contributed by atoms with E-state index in [0.29, 0.717) is 23.2 Å². The molecule has 0 bridgehead atoms. The summed E-state index contributed by atoms with van der Waals surface area (Å²) in [5.41, 5.74) is 3.11. The van der Waals surface area contributed by atoms with Crippen LogP contribution in [0.4, 0.5) is 4.79 Å². The molecule has 2 aromatic heterocycles. The zero-order valence-corrected chi connectivity index (χ0v) is 15.6. The van der Waals surface area contributed by atoms with Gasteiger partial charge in [0.15, 0.2) is 0 Å². The SMILES string of the molecule is COC(=O)NC1=NCc2cc(CC(=O)N[C@H](C)c3ccc(Cl)nc3)ncc21. The van der Waals surface area contributed by atoms with Gasteiger partial charge in [0.1, 0.15) is 11.0 Å². The van der Waals surface area contributed by atoms with Crippen LogP contribution in [0.25, 0.3) is 0 Å². The van der Waals surface area contributed by atoms with Crippen LogP contribution < -0.4 is 10.6 Å². The molecule has 0 radical (unpaired) electrons. The van der Waals surface area contributed by atoms with E-state index < -0.39 is 6.09 Å². The standard InChI is InChI=1S/C18H18ClN5O3/c1-10(11-3-4-15(19)21-7-11)23-16(25)6-13-5-12-8-22-17(14(12)9-20-13)24-18(26)27-2/h3-5,7,9-10H,6,8H2,1-2H3,(H,23,25)(H,22,24,26)/t10-/m1/s1. The topological polar surface area (TPSA) is 106 Å². The van der Waals surface area contributed by atoms with Gasteiger partial charge >= 0.3 is 6.09 Å². The number of alkyl carbamates (subject to hydrolysis) is 1. The van der Waals surface area contributed by atoms with Gasteiger partial charge in [-0.3, -0.25) is 20.1 Å². The molecule has 1 aliphatic rings. The number of aromatic nitrogens is 2. The first-order chi connectivity index (χ1) is 13.0. The van der Waals surface area contributed by atoms with Crippen LogP contribution in [0.1, 0.15) is 35.3 Å². The molecule has 3 rings (SSSR count). The Morgan fingerprint density at radius 2 is 2.11 bits per heavy atom. The van der Waals surface area contributed by atoms with E-state index in [0.717, 1.165) is 16.7 Å². The van der Waals surface area contributed by atoms with E-state index in [1.807, 2.05) is 19.1 Å². The van der Waals surface area contributed by atoms with Crippen molar-refractivity contribution in [3.63, 3.8) is 0 Å². The maximum Gasteiger partial charge on any atom is 0.412 e. The molecular weight excluding hydrogens is 370 g/mol. The molecule has 27 heavy (non-hydrogen) atoms. The number of nitrogens with one attached hydrogen (secondary N) is 2. The Labute approximate surface area is 161 Å². The Bertz CT molecular complexity index is 898. The van der Waals surface area contributed by atoms with Crippen molar-refractivity contribution in [3.05, 3.63) is 58.1 Å². The number of nitrogens with zero attached hydrogens (tertiary/aromatic N) is 3. The second-order valence-electron chi connectivity index (χ2n) is 5.99. The minimum Gasteiger partial charge on any atom is -0.453 e. The van der Waals surface area contributed by atoms with Crippen LogP contribution in [0.2, 0.25) is 5.15 Å². The molecule has 0 saturated heterocycles. The molecule has 8 nitrogen and oxygen atoms in total. The highest BCUT2D eigenvalue weighted by molar-refractivity contribution is 6.29. The van der Waals surface area contributed by atoms with Crippen molar-refractivity contribution < 1.29 is 14.3 Å². The summed E-state index contributed by atoms with van der Waals surface area (Å²) in [6, 6.07) is 5.12. The number of aliphatic imine (C=N–C) groups is 1. The lowest BCUT2D eigenvalue weighted by Gasteiger charge is -2.14. The lowest BCUT2D eigenvalue weighted by Crippen LogP contribution is -2.30. The zero-order chi connectivity index (χ0) is 19.4. The molecule has 2 amide bonds. The van der Waals surface area contributed by atoms with Gasteiger partial charge in [-0.05, 0) is 30.2 Å². The smallest absolute Gasteiger partial charge is 0.412 e. The summed E-state index contributed by atoms with van der Waals surface area (Å²) in [5, 5.41) is 5.86. The summed E-state index contributed by atoms with van der Waals surface area (Å²) in [6.07, 6.45) is 2.79. The summed E-state index contributed by atoms with van der Waals surface area (Å²) in [4.78, 5) is 36.2. The highest BCUT2D eigenvalue weighted by Crippen LogP contribution is 2.19. The molecule has 0 aromatic carbocycles. The van der Waals surface area contributed by atoms with Gasteiger partial charge in [0.25, 0.3) is 0 Å². The van der Waals surface area contributed by atoms with Crippen LogP contribution in [0.5, 0.6) is 0 Å². The number of ether oxygens (including phenoxy) is 1. The largest absolute Gasteiger partial charge is 0.453 e. The molecule has 1 atom stereocenters. The van der Waals surface area contributed by atoms with E-state index in [-0.39, 0.29) is 18.4 Å². The summed E-state index contributed by atoms with van der Waals surface area (Å²) in [7, 11) is 1.28. The molecule has 1 aliphatic heterocycles. The van der Waals surface area contributed by atoms with Gasteiger partial charge in [-0.15, -0.1) is 0 Å². The Hall–Kier alpha value is -3.00. The maximum atomic E-state index is 12.3. The van der Waals surface area contributed by atoms with Crippen molar-refractivity contribution in [2.45, 2.75) is 25.9 Å². The summed E-state index contributed by atoms with van der Waals surface area (Å²) < 4.78 is 4.57. The van der Waals surface area contributed by atoms with Crippen LogP contribution >= 0.6 is 11.6 Å². The minimum absolute atomic E-state index is 0.137. The third-order valence-corrected chi connectivity index (χ3v) is 4.31. The molecule has 2 aromatic rings. The fourth-order valence-electron chi connectivity index (χ4n) is 2.67. The summed E-state index contributed by atoms with van der Waals surface area (Å²) in [6.45, 7) is 2.29. The van der Waals surface area contributed by atoms with Crippen molar-refractivity contribution in [2.24, 2.45) is 4.99 Å². The second kappa shape index (κ2) is 8.13. The van der Waals surface area contributed by atoms with Crippen LogP contribution in [-0.4, -0.2) is 34.9 Å². The van der Waals surface area contributed by atoms with Crippen molar-refractivity contribution in [3.8, 4) is 0 Å². The van der Waals surface area contributed by atoms with Gasteiger partial charge in [-0.2, -0.15) is 0 Å². The molecular formula is C18H18ClN5O3. The molecule has 0 unspecified atom stereocenters. The number of carbonyl (C=O) groups is 2. The maximum absolute atomic E-state index is 12.3. The summed E-state index contributed by atoms with van der Waals surface area (Å²) in [5.74, 6) is 0.265. The molecule has 0 fully saturated rings. The van der Waals surface area contributed by atoms with Crippen LogP contribution in [0.15, 0.2) is 35.6 Å². The normalized spacial score (nSPS) is 13.4. The highest BCUT2D eigenvalue weighted by atomic mass is 35.5. The van der Waals surface area contributed by atoms with Gasteiger partial charge in [-0.25, -0.2) is 9.78 Å². The predicted octanol–water partition coefficient (Wildman–Crippen LogP) is 2.17. The number of hydrogen-bond acceptors (Lipinski definition) is 6. The molecule has 9 heteroatoms. The van der Waals surface area contributed by atoms with E-state index in [1.54, 1.807) is 18.5 Å². The van der Waals surface area contributed by atoms with Crippen molar-refractivity contribution in [1.29, 1.82) is 0 Å². The Morgan fingerprint density at radius 3 is 2.81 bits per heavy atom. The second-order valence-corrected chi connectivity index (χ2v) is 6.38. The molecule has 0 spiro atoms. The predicted molar refractivity (Wildman–Crippen MR) is 99.5 cm³/mol. The molecule has 0 saturated carbocycles. The van der Waals surface area contributed by atoms with E-state index >= 15 is 0 Å². The number of amides is 2. The first kappa shape index (κ1) is 18.8. The quantitative estimate of drug-likeness (QED) is 0.782. The first-order valence-corrected chi connectivity index (χ1v) is 8.62. The Morgan fingerprint density at radius 1 is 1.30 bits per heavy atom. The van der Waals surface area contributed by atoms with Crippen molar-refractivity contribution in [1.82, 2.24) is 20.6 Å². The Kier molecular flexibility index (Phi) is 5.66. The zero-order valence-electron chi connectivity index (χ0n) is 14.8. The fourth-order valence-corrected chi connectivity index (χ4v) is 2.79. The van der Waals surface area contributed by atoms with E-state index in [9.17, 15) is 9.59 Å². The number of rotatable bonds is 4. The molecule has 140 valence electrons. The third kappa shape index (κ3) is 4.59. The first-order valence-electron chi connectivity index (χ1n) is 8.24. The van der Waals surface area contributed by atoms with Crippen LogP contribution in [0, 0.1) is 0 Å².